The van der Waals surface area contributed by atoms with Crippen LogP contribution in [0.3, 0.4) is 0 Å². The lowest BCUT2D eigenvalue weighted by atomic mass is 10.2. The SMILES string of the molecule is O=C(CCn1ccc2ccccc21)OCC(=O)N1CCc2ccccc21. The number of nitrogens with zero attached hydrogens (tertiary/aromatic N) is 2. The van der Waals surface area contributed by atoms with Crippen molar-refractivity contribution in [2.75, 3.05) is 18.1 Å². The molecular weight excluding hydrogens is 328 g/mol. The maximum Gasteiger partial charge on any atom is 0.308 e. The summed E-state index contributed by atoms with van der Waals surface area (Å²) in [4.78, 5) is 26.1. The average Bonchev–Trinajstić information content (AvgIpc) is 3.28. The van der Waals surface area contributed by atoms with E-state index in [1.807, 2.05) is 65.4 Å². The molecule has 2 aromatic carbocycles. The molecule has 132 valence electrons. The molecule has 4 rings (SSSR count). The predicted molar refractivity (Wildman–Crippen MR) is 100 cm³/mol. The van der Waals surface area contributed by atoms with Crippen LogP contribution in [-0.2, 0) is 27.3 Å². The van der Waals surface area contributed by atoms with Gasteiger partial charge in [0, 0.05) is 30.5 Å². The molecule has 0 atom stereocenters. The monoisotopic (exact) mass is 348 g/mol. The zero-order valence-corrected chi connectivity index (χ0v) is 14.4. The van der Waals surface area contributed by atoms with Crippen LogP contribution in [-0.4, -0.2) is 29.6 Å². The van der Waals surface area contributed by atoms with Crippen LogP contribution in [0.4, 0.5) is 5.69 Å². The molecule has 0 spiro atoms. The van der Waals surface area contributed by atoms with Crippen LogP contribution in [0.1, 0.15) is 12.0 Å². The fraction of sp³-hybridized carbons (Fsp3) is 0.238. The van der Waals surface area contributed by atoms with Gasteiger partial charge in [0.1, 0.15) is 0 Å². The lowest BCUT2D eigenvalue weighted by Gasteiger charge is -2.17. The molecule has 26 heavy (non-hydrogen) atoms. The van der Waals surface area contributed by atoms with Gasteiger partial charge in [0.2, 0.25) is 0 Å². The van der Waals surface area contributed by atoms with Gasteiger partial charge < -0.3 is 14.2 Å². The van der Waals surface area contributed by atoms with E-state index in [-0.39, 0.29) is 24.9 Å². The largest absolute Gasteiger partial charge is 0.455 e. The van der Waals surface area contributed by atoms with Gasteiger partial charge in [-0.3, -0.25) is 9.59 Å². The number of ether oxygens (including phenoxy) is 1. The second-order valence-corrected chi connectivity index (χ2v) is 6.40. The third-order valence-corrected chi connectivity index (χ3v) is 4.78. The Bertz CT molecular complexity index is 961. The van der Waals surface area contributed by atoms with Crippen molar-refractivity contribution < 1.29 is 14.3 Å². The lowest BCUT2D eigenvalue weighted by molar-refractivity contribution is -0.148. The average molecular weight is 348 g/mol. The highest BCUT2D eigenvalue weighted by Crippen LogP contribution is 2.27. The first-order chi connectivity index (χ1) is 12.7. The summed E-state index contributed by atoms with van der Waals surface area (Å²) < 4.78 is 7.22. The van der Waals surface area contributed by atoms with Crippen molar-refractivity contribution in [1.29, 1.82) is 0 Å². The zero-order chi connectivity index (χ0) is 17.9. The smallest absolute Gasteiger partial charge is 0.308 e. The van der Waals surface area contributed by atoms with Crippen molar-refractivity contribution in [2.24, 2.45) is 0 Å². The van der Waals surface area contributed by atoms with Crippen molar-refractivity contribution in [2.45, 2.75) is 19.4 Å². The molecule has 0 saturated carbocycles. The number of fused-ring (bicyclic) bond motifs is 2. The van der Waals surface area contributed by atoms with E-state index >= 15 is 0 Å². The highest BCUT2D eigenvalue weighted by molar-refractivity contribution is 5.97. The summed E-state index contributed by atoms with van der Waals surface area (Å²) >= 11 is 0. The van der Waals surface area contributed by atoms with E-state index in [0.29, 0.717) is 13.1 Å². The third-order valence-electron chi connectivity index (χ3n) is 4.78. The Morgan fingerprint density at radius 1 is 1.00 bits per heavy atom. The number of benzene rings is 2. The minimum absolute atomic E-state index is 0.172. The van der Waals surface area contributed by atoms with Crippen LogP contribution in [0, 0.1) is 0 Å². The summed E-state index contributed by atoms with van der Waals surface area (Å²) in [5.74, 6) is -0.529. The third kappa shape index (κ3) is 3.20. The van der Waals surface area contributed by atoms with Crippen LogP contribution in [0.2, 0.25) is 0 Å². The van der Waals surface area contributed by atoms with Crippen molar-refractivity contribution in [1.82, 2.24) is 4.57 Å². The van der Waals surface area contributed by atoms with Crippen LogP contribution < -0.4 is 4.90 Å². The Kier molecular flexibility index (Phi) is 4.44. The van der Waals surface area contributed by atoms with E-state index in [0.717, 1.165) is 28.6 Å². The van der Waals surface area contributed by atoms with Gasteiger partial charge in [-0.15, -0.1) is 0 Å². The van der Waals surface area contributed by atoms with Crippen molar-refractivity contribution in [3.8, 4) is 0 Å². The first-order valence-corrected chi connectivity index (χ1v) is 8.80. The minimum atomic E-state index is -0.358. The van der Waals surface area contributed by atoms with E-state index < -0.39 is 0 Å². The number of carbonyl (C=O) groups is 2. The van der Waals surface area contributed by atoms with Gasteiger partial charge >= 0.3 is 5.97 Å². The predicted octanol–water partition coefficient (Wildman–Crippen LogP) is 3.16. The Morgan fingerprint density at radius 2 is 1.81 bits per heavy atom. The minimum Gasteiger partial charge on any atom is -0.455 e. The summed E-state index contributed by atoms with van der Waals surface area (Å²) in [6.45, 7) is 0.970. The topological polar surface area (TPSA) is 51.5 Å². The van der Waals surface area contributed by atoms with Crippen LogP contribution >= 0.6 is 0 Å². The highest BCUT2D eigenvalue weighted by Gasteiger charge is 2.24. The van der Waals surface area contributed by atoms with Crippen LogP contribution in [0.25, 0.3) is 10.9 Å². The van der Waals surface area contributed by atoms with Gasteiger partial charge in [-0.2, -0.15) is 0 Å². The number of para-hydroxylation sites is 2. The van der Waals surface area contributed by atoms with Crippen LogP contribution in [0.5, 0.6) is 0 Å². The second-order valence-electron chi connectivity index (χ2n) is 6.40. The highest BCUT2D eigenvalue weighted by atomic mass is 16.5. The maximum atomic E-state index is 12.4. The van der Waals surface area contributed by atoms with Gasteiger partial charge in [-0.05, 0) is 35.6 Å². The quantitative estimate of drug-likeness (QED) is 0.666. The Morgan fingerprint density at radius 3 is 2.73 bits per heavy atom. The van der Waals surface area contributed by atoms with E-state index in [2.05, 4.69) is 0 Å². The molecule has 2 heterocycles. The molecule has 5 nitrogen and oxygen atoms in total. The fourth-order valence-corrected chi connectivity index (χ4v) is 3.44. The van der Waals surface area contributed by atoms with E-state index in [4.69, 9.17) is 4.74 Å². The number of carbonyl (C=O) groups excluding carboxylic acids is 2. The Balaban J connectivity index is 1.30. The normalized spacial score (nSPS) is 13.0. The zero-order valence-electron chi connectivity index (χ0n) is 14.4. The summed E-state index contributed by atoms with van der Waals surface area (Å²) in [5, 5.41) is 1.14. The molecule has 0 saturated heterocycles. The molecule has 0 radical (unpaired) electrons. The summed E-state index contributed by atoms with van der Waals surface area (Å²) in [5.41, 5.74) is 3.17. The number of hydrogen-bond donors (Lipinski definition) is 0. The molecule has 1 aliphatic heterocycles. The molecule has 1 amide bonds. The molecule has 0 aliphatic carbocycles. The first kappa shape index (κ1) is 16.4. The molecule has 0 bridgehead atoms. The van der Waals surface area contributed by atoms with Gasteiger partial charge in [-0.1, -0.05) is 36.4 Å². The van der Waals surface area contributed by atoms with Crippen molar-refractivity contribution in [3.63, 3.8) is 0 Å². The number of aryl methyl sites for hydroxylation is 1. The van der Waals surface area contributed by atoms with E-state index in [1.165, 1.54) is 0 Å². The number of hydrogen-bond acceptors (Lipinski definition) is 3. The molecular formula is C21H20N2O3. The lowest BCUT2D eigenvalue weighted by Crippen LogP contribution is -2.33. The van der Waals surface area contributed by atoms with Crippen molar-refractivity contribution >= 4 is 28.5 Å². The number of rotatable bonds is 5. The van der Waals surface area contributed by atoms with Crippen molar-refractivity contribution in [3.05, 3.63) is 66.4 Å². The number of aromatic nitrogens is 1. The summed E-state index contributed by atoms with van der Waals surface area (Å²) in [6, 6.07) is 17.9. The number of esters is 1. The van der Waals surface area contributed by atoms with E-state index in [1.54, 1.807) is 4.90 Å². The first-order valence-electron chi connectivity index (χ1n) is 8.80. The molecule has 5 heteroatoms. The number of amides is 1. The van der Waals surface area contributed by atoms with Gasteiger partial charge in [0.15, 0.2) is 6.61 Å². The van der Waals surface area contributed by atoms with Gasteiger partial charge in [0.05, 0.1) is 6.42 Å². The molecule has 0 fully saturated rings. The second kappa shape index (κ2) is 7.04. The van der Waals surface area contributed by atoms with Gasteiger partial charge in [-0.25, -0.2) is 0 Å². The number of anilines is 1. The molecule has 1 aromatic heterocycles. The summed E-state index contributed by atoms with van der Waals surface area (Å²) in [7, 11) is 0. The Hall–Kier alpha value is -3.08. The molecule has 1 aliphatic rings. The molecule has 3 aromatic rings. The van der Waals surface area contributed by atoms with Crippen LogP contribution in [0.15, 0.2) is 60.8 Å². The fourth-order valence-electron chi connectivity index (χ4n) is 3.44. The molecule has 0 unspecified atom stereocenters. The molecule has 0 N–H and O–H groups in total. The standard InChI is InChI=1S/C21H20N2O3/c24-20(23-14-10-17-6-2-4-8-19(17)23)15-26-21(25)11-13-22-12-9-16-5-1-3-7-18(16)22/h1-9,12H,10-11,13-15H2. The van der Waals surface area contributed by atoms with E-state index in [9.17, 15) is 9.59 Å². The summed E-state index contributed by atoms with van der Waals surface area (Å²) in [6.07, 6.45) is 3.05. The van der Waals surface area contributed by atoms with Gasteiger partial charge in [0.25, 0.3) is 5.91 Å². The Labute approximate surface area is 151 Å². The maximum absolute atomic E-state index is 12.4.